The van der Waals surface area contributed by atoms with E-state index in [1.54, 1.807) is 0 Å². The Morgan fingerprint density at radius 3 is 2.52 bits per heavy atom. The number of likely N-dealkylation sites (tertiary alicyclic amines) is 1. The van der Waals surface area contributed by atoms with Crippen LogP contribution < -0.4 is 5.32 Å². The van der Waals surface area contributed by atoms with Gasteiger partial charge in [-0.2, -0.15) is 10.2 Å². The lowest BCUT2D eigenvalue weighted by Gasteiger charge is -2.48. The zero-order chi connectivity index (χ0) is 17.6. The molecule has 6 heteroatoms. The fourth-order valence-corrected chi connectivity index (χ4v) is 4.06. The van der Waals surface area contributed by atoms with Crippen molar-refractivity contribution in [1.82, 2.24) is 10.2 Å². The van der Waals surface area contributed by atoms with Gasteiger partial charge in [0, 0.05) is 51.0 Å². The van der Waals surface area contributed by atoms with Gasteiger partial charge >= 0.3 is 0 Å². The summed E-state index contributed by atoms with van der Waals surface area (Å²) in [5.41, 5.74) is -0.295. The highest BCUT2D eigenvalue weighted by atomic mass is 16.5. The van der Waals surface area contributed by atoms with Crippen LogP contribution in [0.1, 0.15) is 57.8 Å². The number of nitrogens with zero attached hydrogens (tertiary/aromatic N) is 3. The van der Waals surface area contributed by atoms with Crippen LogP contribution in [0.15, 0.2) is 10.2 Å². The third-order valence-corrected chi connectivity index (χ3v) is 5.87. The number of piperidine rings is 1. The predicted octanol–water partition coefficient (Wildman–Crippen LogP) is 2.49. The van der Waals surface area contributed by atoms with Crippen molar-refractivity contribution in [3.05, 3.63) is 0 Å². The van der Waals surface area contributed by atoms with Crippen LogP contribution in [-0.4, -0.2) is 54.9 Å². The van der Waals surface area contributed by atoms with E-state index in [4.69, 9.17) is 11.2 Å². The zero-order valence-corrected chi connectivity index (χ0v) is 15.1. The number of hydrogen-bond donors (Lipinski definition) is 1. The molecule has 0 atom stereocenters. The summed E-state index contributed by atoms with van der Waals surface area (Å²) in [6.45, 7) is 4.59. The summed E-state index contributed by atoms with van der Waals surface area (Å²) in [4.78, 5) is 15.0. The molecule has 2 fully saturated rings. The van der Waals surface area contributed by atoms with Crippen molar-refractivity contribution >= 4 is 5.91 Å². The van der Waals surface area contributed by atoms with Crippen LogP contribution in [0.25, 0.3) is 0 Å². The highest BCUT2D eigenvalue weighted by Gasteiger charge is 2.41. The number of amides is 1. The number of terminal acetylenes is 1. The maximum Gasteiger partial charge on any atom is 0.220 e. The van der Waals surface area contributed by atoms with Crippen LogP contribution in [0.5, 0.6) is 0 Å². The standard InChI is InChI=1S/C19H30N4O2/c1-2-3-8-19(21-22-19)9-7-17(24)20-16-18(10-14-25-15-11-18)23-12-5-4-6-13-23/h1H,3-16H2,(H,20,24). The molecule has 0 aromatic heterocycles. The highest BCUT2D eigenvalue weighted by molar-refractivity contribution is 5.76. The average Bonchev–Trinajstić information content (AvgIpc) is 3.45. The molecule has 0 aromatic rings. The maximum atomic E-state index is 12.4. The minimum atomic E-state index is -0.368. The molecule has 2 saturated heterocycles. The van der Waals surface area contributed by atoms with Gasteiger partial charge in [0.25, 0.3) is 0 Å². The fraction of sp³-hybridized carbons (Fsp3) is 0.842. The normalized spacial score (nSPS) is 24.4. The van der Waals surface area contributed by atoms with Crippen LogP contribution in [0.2, 0.25) is 0 Å². The number of hydrogen-bond acceptors (Lipinski definition) is 5. The second-order valence-electron chi connectivity index (χ2n) is 7.55. The summed E-state index contributed by atoms with van der Waals surface area (Å²) < 4.78 is 5.58. The number of carbonyl (C=O) groups is 1. The number of rotatable bonds is 8. The van der Waals surface area contributed by atoms with E-state index in [1.807, 2.05) is 0 Å². The van der Waals surface area contributed by atoms with E-state index >= 15 is 0 Å². The SMILES string of the molecule is C#CCCC1(CCC(=O)NCC2(N3CCCCC3)CCOCC2)N=N1. The third kappa shape index (κ3) is 4.80. The van der Waals surface area contributed by atoms with Crippen LogP contribution >= 0.6 is 0 Å². The quantitative estimate of drug-likeness (QED) is 0.687. The van der Waals surface area contributed by atoms with Crippen molar-refractivity contribution in [2.24, 2.45) is 10.2 Å². The molecule has 0 radical (unpaired) electrons. The number of ether oxygens (including phenoxy) is 1. The minimum absolute atomic E-state index is 0.0732. The Balaban J connectivity index is 1.47. The third-order valence-electron chi connectivity index (χ3n) is 5.87. The van der Waals surface area contributed by atoms with Gasteiger partial charge in [0.15, 0.2) is 5.66 Å². The van der Waals surface area contributed by atoms with Crippen LogP contribution in [0.4, 0.5) is 0 Å². The molecule has 0 bridgehead atoms. The Morgan fingerprint density at radius 1 is 1.16 bits per heavy atom. The molecule has 0 aliphatic carbocycles. The first-order valence-electron chi connectivity index (χ1n) is 9.65. The van der Waals surface area contributed by atoms with Crippen molar-refractivity contribution in [2.45, 2.75) is 69.0 Å². The Bertz CT molecular complexity index is 522. The van der Waals surface area contributed by atoms with Crippen molar-refractivity contribution in [2.75, 3.05) is 32.8 Å². The molecule has 3 rings (SSSR count). The number of nitrogens with one attached hydrogen (secondary N) is 1. The summed E-state index contributed by atoms with van der Waals surface area (Å²) in [6.07, 6.45) is 13.7. The van der Waals surface area contributed by atoms with Gasteiger partial charge in [-0.05, 0) is 38.8 Å². The maximum absolute atomic E-state index is 12.4. The molecule has 1 N–H and O–H groups in total. The van der Waals surface area contributed by atoms with Crippen LogP contribution in [-0.2, 0) is 9.53 Å². The number of carbonyl (C=O) groups excluding carboxylic acids is 1. The molecule has 0 aromatic carbocycles. The van der Waals surface area contributed by atoms with Gasteiger partial charge in [-0.25, -0.2) is 0 Å². The van der Waals surface area contributed by atoms with Gasteiger partial charge in [0.1, 0.15) is 0 Å². The highest BCUT2D eigenvalue weighted by Crippen LogP contribution is 2.37. The molecule has 6 nitrogen and oxygen atoms in total. The van der Waals surface area contributed by atoms with E-state index in [-0.39, 0.29) is 17.1 Å². The van der Waals surface area contributed by atoms with E-state index in [1.165, 1.54) is 19.3 Å². The van der Waals surface area contributed by atoms with E-state index in [0.717, 1.165) is 52.1 Å². The smallest absolute Gasteiger partial charge is 0.220 e. The van der Waals surface area contributed by atoms with E-state index < -0.39 is 0 Å². The lowest BCUT2D eigenvalue weighted by Crippen LogP contribution is -2.59. The second-order valence-corrected chi connectivity index (χ2v) is 7.55. The van der Waals surface area contributed by atoms with Gasteiger partial charge < -0.3 is 10.1 Å². The summed E-state index contributed by atoms with van der Waals surface area (Å²) in [5.74, 6) is 2.72. The first kappa shape index (κ1) is 18.3. The predicted molar refractivity (Wildman–Crippen MR) is 96.1 cm³/mol. The average molecular weight is 346 g/mol. The Morgan fingerprint density at radius 2 is 1.88 bits per heavy atom. The van der Waals surface area contributed by atoms with Crippen LogP contribution in [0, 0.1) is 12.3 Å². The van der Waals surface area contributed by atoms with Gasteiger partial charge in [-0.3, -0.25) is 9.69 Å². The van der Waals surface area contributed by atoms with Crippen LogP contribution in [0.3, 0.4) is 0 Å². The summed E-state index contributed by atoms with van der Waals surface area (Å²) in [5, 5.41) is 11.4. The monoisotopic (exact) mass is 346 g/mol. The van der Waals surface area contributed by atoms with E-state index in [2.05, 4.69) is 26.4 Å². The first-order valence-corrected chi connectivity index (χ1v) is 9.65. The molecule has 3 heterocycles. The summed E-state index contributed by atoms with van der Waals surface area (Å²) in [7, 11) is 0. The topological polar surface area (TPSA) is 66.3 Å². The molecule has 0 unspecified atom stereocenters. The van der Waals surface area contributed by atoms with Crippen molar-refractivity contribution in [3.8, 4) is 12.3 Å². The lowest BCUT2D eigenvalue weighted by atomic mass is 9.86. The molecule has 3 aliphatic heterocycles. The van der Waals surface area contributed by atoms with Gasteiger partial charge in [-0.15, -0.1) is 12.3 Å². The molecular weight excluding hydrogens is 316 g/mol. The van der Waals surface area contributed by atoms with Crippen molar-refractivity contribution < 1.29 is 9.53 Å². The van der Waals surface area contributed by atoms with Gasteiger partial charge in [0.2, 0.25) is 5.91 Å². The Labute approximate surface area is 150 Å². The summed E-state index contributed by atoms with van der Waals surface area (Å²) >= 11 is 0. The Hall–Kier alpha value is -1.45. The van der Waals surface area contributed by atoms with E-state index in [0.29, 0.717) is 19.3 Å². The fourth-order valence-electron chi connectivity index (χ4n) is 4.06. The molecule has 138 valence electrons. The molecular formula is C19H30N4O2. The van der Waals surface area contributed by atoms with Crippen molar-refractivity contribution in [3.63, 3.8) is 0 Å². The first-order chi connectivity index (χ1) is 12.2. The molecule has 1 amide bonds. The second kappa shape index (κ2) is 8.29. The van der Waals surface area contributed by atoms with Gasteiger partial charge in [0.05, 0.1) is 0 Å². The molecule has 25 heavy (non-hydrogen) atoms. The summed E-state index contributed by atoms with van der Waals surface area (Å²) in [6, 6.07) is 0. The molecule has 0 saturated carbocycles. The minimum Gasteiger partial charge on any atom is -0.381 e. The molecule has 3 aliphatic rings. The molecule has 0 spiro atoms. The largest absolute Gasteiger partial charge is 0.381 e. The van der Waals surface area contributed by atoms with Gasteiger partial charge in [-0.1, -0.05) is 6.42 Å². The van der Waals surface area contributed by atoms with E-state index in [9.17, 15) is 4.79 Å². The lowest BCUT2D eigenvalue weighted by molar-refractivity contribution is -0.122. The zero-order valence-electron chi connectivity index (χ0n) is 15.1. The van der Waals surface area contributed by atoms with Crippen molar-refractivity contribution in [1.29, 1.82) is 0 Å². The Kier molecular flexibility index (Phi) is 6.08.